The molecule has 2 heterocycles. The van der Waals surface area contributed by atoms with Crippen LogP contribution in [0.15, 0.2) is 72.8 Å². The van der Waals surface area contributed by atoms with Gasteiger partial charge in [0.2, 0.25) is 0 Å². The molecule has 0 saturated carbocycles. The van der Waals surface area contributed by atoms with Crippen molar-refractivity contribution >= 4 is 0 Å². The number of hydrogen-bond donors (Lipinski definition) is 0. The van der Waals surface area contributed by atoms with Crippen LogP contribution < -0.4 is 9.47 Å². The maximum atomic E-state index is 5.87. The highest BCUT2D eigenvalue weighted by atomic mass is 16.5. The molecule has 0 fully saturated rings. The Hall–Kier alpha value is -2.74. The van der Waals surface area contributed by atoms with Crippen LogP contribution in [-0.4, -0.2) is 13.2 Å². The molecule has 0 aliphatic carbocycles. The van der Waals surface area contributed by atoms with Crippen molar-refractivity contribution in [3.63, 3.8) is 0 Å². The van der Waals surface area contributed by atoms with Crippen molar-refractivity contribution in [2.45, 2.75) is 12.8 Å². The van der Waals surface area contributed by atoms with Gasteiger partial charge in [0.05, 0.1) is 13.2 Å². The third-order valence-corrected chi connectivity index (χ3v) is 4.30. The van der Waals surface area contributed by atoms with Crippen LogP contribution in [0.4, 0.5) is 0 Å². The molecule has 0 radical (unpaired) electrons. The Morgan fingerprint density at radius 2 is 0.958 bits per heavy atom. The van der Waals surface area contributed by atoms with Crippen molar-refractivity contribution < 1.29 is 9.47 Å². The van der Waals surface area contributed by atoms with E-state index < -0.39 is 0 Å². The van der Waals surface area contributed by atoms with E-state index >= 15 is 0 Å². The minimum atomic E-state index is 0.714. The molecule has 0 atom stereocenters. The zero-order chi connectivity index (χ0) is 16.2. The van der Waals surface area contributed by atoms with E-state index in [4.69, 9.17) is 9.47 Å². The molecule has 0 N–H and O–H groups in total. The summed E-state index contributed by atoms with van der Waals surface area (Å²) in [6.45, 7) is 1.43. The summed E-state index contributed by atoms with van der Waals surface area (Å²) in [5.74, 6) is 1.85. The molecule has 0 amide bonds. The number of hydrogen-bond acceptors (Lipinski definition) is 2. The van der Waals surface area contributed by atoms with Gasteiger partial charge in [0.1, 0.15) is 11.5 Å². The van der Waals surface area contributed by atoms with Gasteiger partial charge in [0.15, 0.2) is 0 Å². The minimum absolute atomic E-state index is 0.714. The van der Waals surface area contributed by atoms with Crippen LogP contribution >= 0.6 is 0 Å². The maximum absolute atomic E-state index is 5.87. The fraction of sp³-hybridized carbons (Fsp3) is 0.182. The van der Waals surface area contributed by atoms with Crippen molar-refractivity contribution in [1.29, 1.82) is 0 Å². The van der Waals surface area contributed by atoms with Crippen LogP contribution in [0.5, 0.6) is 11.5 Å². The molecule has 120 valence electrons. The molecule has 3 aromatic rings. The highest BCUT2D eigenvalue weighted by molar-refractivity contribution is 5.71. The van der Waals surface area contributed by atoms with Gasteiger partial charge in [0, 0.05) is 0 Å². The number of ether oxygens (including phenoxy) is 2. The molecule has 2 nitrogen and oxygen atoms in total. The van der Waals surface area contributed by atoms with Crippen molar-refractivity contribution in [3.05, 3.63) is 72.8 Å². The molecule has 2 heteroatoms. The molecule has 6 bridgehead atoms. The number of benzene rings is 3. The first-order valence-corrected chi connectivity index (χ1v) is 8.45. The van der Waals surface area contributed by atoms with Crippen molar-refractivity contribution in [3.8, 4) is 33.8 Å². The van der Waals surface area contributed by atoms with E-state index in [2.05, 4.69) is 48.5 Å². The van der Waals surface area contributed by atoms with Gasteiger partial charge in [-0.25, -0.2) is 0 Å². The molecular weight excluding hydrogens is 296 g/mol. The Balaban J connectivity index is 1.74. The maximum Gasteiger partial charge on any atom is 0.119 e. The number of fused-ring (bicyclic) bond motifs is 7. The second-order valence-electron chi connectivity index (χ2n) is 6.04. The molecule has 2 aliphatic rings. The summed E-state index contributed by atoms with van der Waals surface area (Å²) in [5.41, 5.74) is 4.76. The van der Waals surface area contributed by atoms with Gasteiger partial charge >= 0.3 is 0 Å². The predicted molar refractivity (Wildman–Crippen MR) is 97.5 cm³/mol. The molecule has 0 spiro atoms. The van der Waals surface area contributed by atoms with Crippen molar-refractivity contribution in [2.75, 3.05) is 13.2 Å². The smallest absolute Gasteiger partial charge is 0.119 e. The zero-order valence-corrected chi connectivity index (χ0v) is 13.6. The zero-order valence-electron chi connectivity index (χ0n) is 13.6. The van der Waals surface area contributed by atoms with E-state index in [1.165, 1.54) is 22.3 Å². The first kappa shape index (κ1) is 14.8. The van der Waals surface area contributed by atoms with E-state index in [9.17, 15) is 0 Å². The Morgan fingerprint density at radius 1 is 0.500 bits per heavy atom. The van der Waals surface area contributed by atoms with E-state index in [0.29, 0.717) is 13.2 Å². The van der Waals surface area contributed by atoms with E-state index in [-0.39, 0.29) is 0 Å². The average Bonchev–Trinajstić information content (AvgIpc) is 2.65. The third-order valence-electron chi connectivity index (χ3n) is 4.30. The Labute approximate surface area is 142 Å². The van der Waals surface area contributed by atoms with Crippen molar-refractivity contribution in [1.82, 2.24) is 0 Å². The summed E-state index contributed by atoms with van der Waals surface area (Å²) < 4.78 is 11.7. The summed E-state index contributed by atoms with van der Waals surface area (Å²) in [4.78, 5) is 0. The lowest BCUT2D eigenvalue weighted by Crippen LogP contribution is -2.02. The summed E-state index contributed by atoms with van der Waals surface area (Å²) in [6.07, 6.45) is 1.97. The van der Waals surface area contributed by atoms with E-state index in [1.807, 2.05) is 24.3 Å². The van der Waals surface area contributed by atoms with Crippen LogP contribution in [-0.2, 0) is 0 Å². The highest BCUT2D eigenvalue weighted by Crippen LogP contribution is 2.29. The highest BCUT2D eigenvalue weighted by Gasteiger charge is 2.05. The van der Waals surface area contributed by atoms with Gasteiger partial charge in [-0.1, -0.05) is 48.5 Å². The van der Waals surface area contributed by atoms with Crippen LogP contribution in [0, 0.1) is 0 Å². The first-order chi connectivity index (χ1) is 11.9. The lowest BCUT2D eigenvalue weighted by Gasteiger charge is -2.12. The standard InChI is InChI=1S/C22H20O2/c1-2-14-24-22-8-4-6-20(16-22)18-11-9-17(10-12-18)19-5-3-7-21(15-19)23-13-1/h3-12,15-16H,1-2,13-14H2. The molecular formula is C22H20O2. The first-order valence-electron chi connectivity index (χ1n) is 8.45. The van der Waals surface area contributed by atoms with Crippen LogP contribution in [0.2, 0.25) is 0 Å². The van der Waals surface area contributed by atoms with Crippen LogP contribution in [0.25, 0.3) is 22.3 Å². The quantitative estimate of drug-likeness (QED) is 0.539. The van der Waals surface area contributed by atoms with E-state index in [1.54, 1.807) is 0 Å². The summed E-state index contributed by atoms with van der Waals surface area (Å²) in [7, 11) is 0. The van der Waals surface area contributed by atoms with E-state index in [0.717, 1.165) is 24.3 Å². The van der Waals surface area contributed by atoms with Gasteiger partial charge in [-0.05, 0) is 59.4 Å². The Kier molecular flexibility index (Phi) is 4.20. The Morgan fingerprint density at radius 3 is 1.42 bits per heavy atom. The lowest BCUT2D eigenvalue weighted by molar-refractivity contribution is 0.266. The van der Waals surface area contributed by atoms with Crippen molar-refractivity contribution in [2.24, 2.45) is 0 Å². The summed E-state index contributed by atoms with van der Waals surface area (Å²) >= 11 is 0. The SMILES string of the molecule is c1cc2cc(c1)-c1ccc(cc1)-c1cccc(c1)OCCCCO2. The fourth-order valence-corrected chi connectivity index (χ4v) is 2.97. The monoisotopic (exact) mass is 316 g/mol. The Bertz CT molecular complexity index is 751. The normalized spacial score (nSPS) is 13.8. The summed E-state index contributed by atoms with van der Waals surface area (Å²) in [5, 5.41) is 0. The molecule has 24 heavy (non-hydrogen) atoms. The second-order valence-corrected chi connectivity index (χ2v) is 6.04. The second kappa shape index (κ2) is 6.79. The molecule has 0 aromatic heterocycles. The van der Waals surface area contributed by atoms with Gasteiger partial charge in [0.25, 0.3) is 0 Å². The third kappa shape index (κ3) is 3.28. The number of rotatable bonds is 0. The molecule has 0 saturated heterocycles. The van der Waals surface area contributed by atoms with Gasteiger partial charge in [-0.15, -0.1) is 0 Å². The van der Waals surface area contributed by atoms with Gasteiger partial charge in [-0.2, -0.15) is 0 Å². The largest absolute Gasteiger partial charge is 0.494 e. The molecule has 5 rings (SSSR count). The fourth-order valence-electron chi connectivity index (χ4n) is 2.97. The van der Waals surface area contributed by atoms with Crippen LogP contribution in [0.3, 0.4) is 0 Å². The lowest BCUT2D eigenvalue weighted by atomic mass is 10.00. The minimum Gasteiger partial charge on any atom is -0.494 e. The predicted octanol–water partition coefficient (Wildman–Crippen LogP) is 5.57. The topological polar surface area (TPSA) is 18.5 Å². The van der Waals surface area contributed by atoms with Gasteiger partial charge in [-0.3, -0.25) is 0 Å². The average molecular weight is 316 g/mol. The molecule has 3 aromatic carbocycles. The summed E-state index contributed by atoms with van der Waals surface area (Å²) in [6, 6.07) is 25.2. The van der Waals surface area contributed by atoms with Crippen LogP contribution in [0.1, 0.15) is 12.8 Å². The molecule has 2 aliphatic heterocycles. The van der Waals surface area contributed by atoms with Gasteiger partial charge < -0.3 is 9.47 Å². The molecule has 0 unspecified atom stereocenters.